The third kappa shape index (κ3) is 6.03. The van der Waals surface area contributed by atoms with E-state index < -0.39 is 16.3 Å². The zero-order valence-electron chi connectivity index (χ0n) is 22.1. The number of methoxy groups -OCH3 is 2. The highest BCUT2D eigenvalue weighted by Gasteiger charge is 2.31. The second kappa shape index (κ2) is 11.6. The standard InChI is InChI=1S/C28H34FN3O5S/c1-20-15-21(2)17-24(16-20)32(38(34,35)25-9-10-26(36-3)27(18-25)37-4)19-28(33)31-13-11-30(12-14-31)23-7-5-22(29)6-8-23/h5-10,15-18,28,33H,11-14,19H2,1-4H3. The fraction of sp³-hybridized carbons (Fsp3) is 0.357. The SMILES string of the molecule is COc1ccc(S(=O)(=O)N(CC(O)N2CCN(c3ccc(F)cc3)CC2)c2cc(C)cc(C)c2)cc1OC. The molecule has 1 aliphatic rings. The van der Waals surface area contributed by atoms with E-state index in [0.717, 1.165) is 16.8 Å². The quantitative estimate of drug-likeness (QED) is 0.440. The lowest BCUT2D eigenvalue weighted by molar-refractivity contribution is 0.00850. The van der Waals surface area contributed by atoms with Crippen molar-refractivity contribution in [2.45, 2.75) is 25.0 Å². The monoisotopic (exact) mass is 543 g/mol. The number of ether oxygens (including phenoxy) is 2. The van der Waals surface area contributed by atoms with Crippen LogP contribution >= 0.6 is 0 Å². The number of nitrogens with zero attached hydrogens (tertiary/aromatic N) is 3. The number of piperazine rings is 1. The summed E-state index contributed by atoms with van der Waals surface area (Å²) >= 11 is 0. The van der Waals surface area contributed by atoms with Gasteiger partial charge in [0.05, 0.1) is 31.3 Å². The first-order valence-electron chi connectivity index (χ1n) is 12.4. The number of anilines is 2. The fourth-order valence-corrected chi connectivity index (χ4v) is 6.20. The molecule has 0 spiro atoms. The smallest absolute Gasteiger partial charge is 0.264 e. The minimum Gasteiger partial charge on any atom is -0.493 e. The Morgan fingerprint density at radius 1 is 0.895 bits per heavy atom. The summed E-state index contributed by atoms with van der Waals surface area (Å²) < 4.78 is 53.1. The molecule has 0 aliphatic carbocycles. The summed E-state index contributed by atoms with van der Waals surface area (Å²) in [5, 5.41) is 11.2. The first-order valence-corrected chi connectivity index (χ1v) is 13.8. The molecule has 1 heterocycles. The number of hydrogen-bond acceptors (Lipinski definition) is 7. The van der Waals surface area contributed by atoms with Crippen molar-refractivity contribution in [3.05, 3.63) is 77.6 Å². The van der Waals surface area contributed by atoms with Crippen LogP contribution < -0.4 is 18.7 Å². The van der Waals surface area contributed by atoms with Crippen molar-refractivity contribution < 1.29 is 27.4 Å². The summed E-state index contributed by atoms with van der Waals surface area (Å²) in [6, 6.07) is 16.3. The molecule has 10 heteroatoms. The van der Waals surface area contributed by atoms with Gasteiger partial charge in [-0.25, -0.2) is 12.8 Å². The normalized spacial score (nSPS) is 15.3. The minimum atomic E-state index is -4.07. The third-order valence-electron chi connectivity index (χ3n) is 6.69. The first kappa shape index (κ1) is 27.7. The molecule has 1 aliphatic heterocycles. The van der Waals surface area contributed by atoms with Crippen LogP contribution in [0.25, 0.3) is 0 Å². The Labute approximate surface area is 223 Å². The summed E-state index contributed by atoms with van der Waals surface area (Å²) in [6.45, 7) is 5.94. The maximum atomic E-state index is 14.0. The van der Waals surface area contributed by atoms with E-state index in [9.17, 15) is 17.9 Å². The molecule has 0 radical (unpaired) electrons. The number of sulfonamides is 1. The number of rotatable bonds is 9. The van der Waals surface area contributed by atoms with Crippen molar-refractivity contribution in [2.24, 2.45) is 0 Å². The average Bonchev–Trinajstić information content (AvgIpc) is 2.91. The van der Waals surface area contributed by atoms with Crippen LogP contribution in [0.1, 0.15) is 11.1 Å². The van der Waals surface area contributed by atoms with Crippen LogP contribution in [-0.4, -0.2) is 71.6 Å². The molecule has 0 amide bonds. The van der Waals surface area contributed by atoms with Crippen LogP contribution in [0.2, 0.25) is 0 Å². The van der Waals surface area contributed by atoms with Gasteiger partial charge in [0.2, 0.25) is 0 Å². The van der Waals surface area contributed by atoms with Gasteiger partial charge in [0, 0.05) is 37.9 Å². The molecule has 204 valence electrons. The summed E-state index contributed by atoms with van der Waals surface area (Å²) in [7, 11) is -1.14. The second-order valence-corrected chi connectivity index (χ2v) is 11.2. The number of aryl methyl sites for hydroxylation is 2. The summed E-state index contributed by atoms with van der Waals surface area (Å²) in [4.78, 5) is 4.01. The molecular weight excluding hydrogens is 509 g/mol. The van der Waals surface area contributed by atoms with Crippen LogP contribution in [0.5, 0.6) is 11.5 Å². The molecule has 1 unspecified atom stereocenters. The highest BCUT2D eigenvalue weighted by atomic mass is 32.2. The Hall–Kier alpha value is -3.34. The molecule has 1 fully saturated rings. The summed E-state index contributed by atoms with van der Waals surface area (Å²) in [5.74, 6) is 0.430. The van der Waals surface area contributed by atoms with Crippen LogP contribution in [0.4, 0.5) is 15.8 Å². The van der Waals surface area contributed by atoms with Gasteiger partial charge in [-0.1, -0.05) is 6.07 Å². The van der Waals surface area contributed by atoms with Crippen molar-refractivity contribution in [1.29, 1.82) is 0 Å². The molecule has 1 N–H and O–H groups in total. The number of halogens is 1. The van der Waals surface area contributed by atoms with E-state index in [4.69, 9.17) is 9.47 Å². The van der Waals surface area contributed by atoms with Crippen molar-refractivity contribution in [3.63, 3.8) is 0 Å². The molecule has 1 atom stereocenters. The summed E-state index contributed by atoms with van der Waals surface area (Å²) in [6.07, 6.45) is -1.04. The average molecular weight is 544 g/mol. The molecule has 0 saturated carbocycles. The lowest BCUT2D eigenvalue weighted by Gasteiger charge is -2.39. The van der Waals surface area contributed by atoms with Crippen molar-refractivity contribution in [3.8, 4) is 11.5 Å². The van der Waals surface area contributed by atoms with E-state index in [-0.39, 0.29) is 17.3 Å². The Balaban J connectivity index is 1.59. The highest BCUT2D eigenvalue weighted by Crippen LogP contribution is 2.33. The fourth-order valence-electron chi connectivity index (χ4n) is 4.74. The predicted molar refractivity (Wildman–Crippen MR) is 146 cm³/mol. The lowest BCUT2D eigenvalue weighted by atomic mass is 10.1. The molecule has 1 saturated heterocycles. The van der Waals surface area contributed by atoms with Crippen molar-refractivity contribution in [2.75, 3.05) is 56.1 Å². The molecule has 4 rings (SSSR count). The maximum Gasteiger partial charge on any atom is 0.264 e. The van der Waals surface area contributed by atoms with Gasteiger partial charge in [-0.15, -0.1) is 0 Å². The van der Waals surface area contributed by atoms with Gasteiger partial charge in [-0.2, -0.15) is 0 Å². The van der Waals surface area contributed by atoms with Gasteiger partial charge in [0.15, 0.2) is 11.5 Å². The Morgan fingerprint density at radius 3 is 2.08 bits per heavy atom. The molecule has 0 bridgehead atoms. The largest absolute Gasteiger partial charge is 0.493 e. The van der Waals surface area contributed by atoms with Gasteiger partial charge in [0.1, 0.15) is 12.0 Å². The number of benzene rings is 3. The van der Waals surface area contributed by atoms with E-state index in [0.29, 0.717) is 43.4 Å². The van der Waals surface area contributed by atoms with Gasteiger partial charge in [-0.05, 0) is 73.5 Å². The topological polar surface area (TPSA) is 82.5 Å². The zero-order chi connectivity index (χ0) is 27.4. The number of aliphatic hydroxyl groups is 1. The molecule has 38 heavy (non-hydrogen) atoms. The van der Waals surface area contributed by atoms with Gasteiger partial charge in [-0.3, -0.25) is 9.21 Å². The first-order chi connectivity index (χ1) is 18.1. The van der Waals surface area contributed by atoms with Crippen molar-refractivity contribution >= 4 is 21.4 Å². The maximum absolute atomic E-state index is 14.0. The van der Waals surface area contributed by atoms with Gasteiger partial charge < -0.3 is 19.5 Å². The zero-order valence-corrected chi connectivity index (χ0v) is 22.9. The van der Waals surface area contributed by atoms with E-state index in [1.165, 1.54) is 42.8 Å². The van der Waals surface area contributed by atoms with Crippen LogP contribution in [0.15, 0.2) is 65.6 Å². The highest BCUT2D eigenvalue weighted by molar-refractivity contribution is 7.92. The third-order valence-corrected chi connectivity index (χ3v) is 8.48. The Kier molecular flexibility index (Phi) is 8.44. The minimum absolute atomic E-state index is 0.0302. The second-order valence-electron chi connectivity index (χ2n) is 9.38. The van der Waals surface area contributed by atoms with Gasteiger partial charge in [0.25, 0.3) is 10.0 Å². The van der Waals surface area contributed by atoms with Crippen LogP contribution in [-0.2, 0) is 10.0 Å². The van der Waals surface area contributed by atoms with Crippen molar-refractivity contribution in [1.82, 2.24) is 4.90 Å². The molecule has 0 aromatic heterocycles. The molecule has 3 aromatic rings. The Bertz CT molecular complexity index is 1340. The lowest BCUT2D eigenvalue weighted by Crippen LogP contribution is -2.54. The Morgan fingerprint density at radius 2 is 1.50 bits per heavy atom. The predicted octanol–water partition coefficient (Wildman–Crippen LogP) is 3.80. The molecule has 3 aromatic carbocycles. The summed E-state index contributed by atoms with van der Waals surface area (Å²) in [5.41, 5.74) is 3.21. The van der Waals surface area contributed by atoms with E-state index in [1.807, 2.05) is 24.8 Å². The van der Waals surface area contributed by atoms with Crippen LogP contribution in [0, 0.1) is 19.7 Å². The number of hydrogen-bond donors (Lipinski definition) is 1. The van der Waals surface area contributed by atoms with E-state index >= 15 is 0 Å². The molecule has 8 nitrogen and oxygen atoms in total. The number of aliphatic hydroxyl groups excluding tert-OH is 1. The van der Waals surface area contributed by atoms with Gasteiger partial charge >= 0.3 is 0 Å². The molecular formula is C28H34FN3O5S. The van der Waals surface area contributed by atoms with Crippen LogP contribution in [0.3, 0.4) is 0 Å². The van der Waals surface area contributed by atoms with E-state index in [2.05, 4.69) is 4.90 Å². The van der Waals surface area contributed by atoms with E-state index in [1.54, 1.807) is 30.3 Å².